The molecule has 7 aliphatic rings. The van der Waals surface area contributed by atoms with Crippen molar-refractivity contribution in [3.8, 4) is 0 Å². The molecule has 21 unspecified atom stereocenters. The highest BCUT2D eigenvalue weighted by molar-refractivity contribution is 7.81. The number of allylic oxidation sites excluding steroid dienone is 3. The number of fused-ring (bicyclic) bond motifs is 1. The number of aliphatic hydroxyl groups is 7. The summed E-state index contributed by atoms with van der Waals surface area (Å²) >= 11 is 0. The van der Waals surface area contributed by atoms with Gasteiger partial charge < -0.3 is 83.7 Å². The van der Waals surface area contributed by atoms with E-state index in [2.05, 4.69) is 34.1 Å². The number of ether oxygens (including phenoxy) is 9. The molecule has 7 heterocycles. The van der Waals surface area contributed by atoms with E-state index in [4.69, 9.17) is 51.7 Å². The van der Waals surface area contributed by atoms with Crippen LogP contribution in [0.2, 0.25) is 0 Å². The number of rotatable bonds is 31. The molecule has 30 heteroatoms. The van der Waals surface area contributed by atoms with Gasteiger partial charge in [0.2, 0.25) is 11.7 Å². The number of carbonyl (C=O) groups excluding carboxylic acids is 3. The van der Waals surface area contributed by atoms with E-state index in [0.29, 0.717) is 68.6 Å². The predicted molar refractivity (Wildman–Crippen MR) is 337 cm³/mol. The second kappa shape index (κ2) is 34.4. The average molecular weight is 1390 g/mol. The fraction of sp³-hybridized carbons (Fsp3) is 0.769. The number of esters is 2. The molecule has 0 aromatic rings. The lowest BCUT2D eigenvalue weighted by molar-refractivity contribution is -0.321. The number of nitrogens with one attached hydrogen (secondary N) is 1. The fourth-order valence-electron chi connectivity index (χ4n) is 13.5. The summed E-state index contributed by atoms with van der Waals surface area (Å²) in [5, 5.41) is 79.1. The SMILES string of the molecule is C=C1C(O)C2OC3(CCC(/C=C/C(C)C4CC(C)=CC5(OC(CC(C)(O)C(=O)OC/C(C)=C/C=C/COC(=O)C/C=C/CCC(=O)[15NH][13CH2]C(O)CC(O)C(OS(=O)(=O)O)C(O)COS(=O)(=O)O)CCC5O)O4)O3)CCC2OC1C(O)CC(C)C1OC2(CCCCO2)CCC1C. The van der Waals surface area contributed by atoms with E-state index >= 15 is 0 Å². The van der Waals surface area contributed by atoms with E-state index in [9.17, 15) is 67.0 Å². The highest BCUT2D eigenvalue weighted by atomic mass is 32.3. The van der Waals surface area contributed by atoms with Crippen LogP contribution in [0.5, 0.6) is 0 Å². The fourth-order valence-corrected chi connectivity index (χ4v) is 14.4. The van der Waals surface area contributed by atoms with Crippen LogP contribution in [0.3, 0.4) is 0 Å². The highest BCUT2D eigenvalue weighted by Gasteiger charge is 2.55. The second-order valence-corrected chi connectivity index (χ2v) is 29.1. The first-order valence-electron chi connectivity index (χ1n) is 33.0. The number of amides is 1. The summed E-state index contributed by atoms with van der Waals surface area (Å²) in [4.78, 5) is 37.8. The zero-order valence-electron chi connectivity index (χ0n) is 55.1. The van der Waals surface area contributed by atoms with Crippen LogP contribution in [-0.4, -0.2) is 221 Å². The third kappa shape index (κ3) is 23.0. The molecule has 0 aromatic carbocycles. The summed E-state index contributed by atoms with van der Waals surface area (Å²) in [5.74, 6) is -4.87. The summed E-state index contributed by atoms with van der Waals surface area (Å²) in [7, 11) is -10.4. The first kappa shape index (κ1) is 78.4. The molecule has 7 rings (SSSR count). The van der Waals surface area contributed by atoms with Crippen molar-refractivity contribution in [1.82, 2.24) is 5.32 Å². The normalized spacial score (nSPS) is 33.9. The zero-order valence-corrected chi connectivity index (χ0v) is 56.7. The lowest BCUT2D eigenvalue weighted by atomic mass is 9.79. The first-order valence-corrected chi connectivity index (χ1v) is 35.7. The zero-order chi connectivity index (χ0) is 69.7. The van der Waals surface area contributed by atoms with E-state index in [1.165, 1.54) is 13.0 Å². The van der Waals surface area contributed by atoms with Gasteiger partial charge in [-0.1, -0.05) is 69.4 Å². The Morgan fingerprint density at radius 3 is 2.33 bits per heavy atom. The molecule has 95 heavy (non-hydrogen) atoms. The van der Waals surface area contributed by atoms with Gasteiger partial charge in [-0.2, -0.15) is 16.8 Å². The average Bonchev–Trinajstić information content (AvgIpc) is 1.74. The summed E-state index contributed by atoms with van der Waals surface area (Å²) in [6, 6.07) is 0. The first-order chi connectivity index (χ1) is 44.6. The molecule has 7 aliphatic heterocycles. The second-order valence-electron chi connectivity index (χ2n) is 27.0. The van der Waals surface area contributed by atoms with E-state index in [1.54, 1.807) is 37.3 Å². The van der Waals surface area contributed by atoms with Crippen molar-refractivity contribution in [2.24, 2.45) is 17.8 Å². The molecule has 6 saturated heterocycles. The minimum atomic E-state index is -5.31. The van der Waals surface area contributed by atoms with Gasteiger partial charge in [0.25, 0.3) is 0 Å². The van der Waals surface area contributed by atoms with Crippen molar-refractivity contribution in [2.75, 3.05) is 33.0 Å². The van der Waals surface area contributed by atoms with Crippen molar-refractivity contribution < 1.29 is 127 Å². The minimum absolute atomic E-state index is 0.0113. The molecular weight excluding hydrogens is 1290 g/mol. The molecule has 3 spiro atoms. The van der Waals surface area contributed by atoms with Gasteiger partial charge in [-0.15, -0.1) is 0 Å². The molecule has 0 aliphatic carbocycles. The molecule has 6 fully saturated rings. The van der Waals surface area contributed by atoms with Gasteiger partial charge >= 0.3 is 32.7 Å². The van der Waals surface area contributed by atoms with E-state index in [-0.39, 0.29) is 69.4 Å². The molecular formula is C65H101NO27S2. The maximum atomic E-state index is 13.3. The van der Waals surface area contributed by atoms with Crippen molar-refractivity contribution >= 4 is 38.6 Å². The molecule has 0 aromatic heterocycles. The van der Waals surface area contributed by atoms with E-state index in [1.807, 2.05) is 26.0 Å². The Kier molecular flexibility index (Phi) is 28.4. The Labute approximate surface area is 556 Å². The number of carbonyl (C=O) groups is 3. The van der Waals surface area contributed by atoms with Crippen LogP contribution in [-0.2, 0) is 86.2 Å². The molecule has 540 valence electrons. The van der Waals surface area contributed by atoms with Crippen LogP contribution < -0.4 is 5.32 Å². The van der Waals surface area contributed by atoms with Gasteiger partial charge in [0.1, 0.15) is 49.8 Å². The van der Waals surface area contributed by atoms with Crippen molar-refractivity contribution in [3.05, 3.63) is 71.9 Å². The van der Waals surface area contributed by atoms with Crippen LogP contribution in [0, 0.1) is 17.8 Å². The summed E-state index contributed by atoms with van der Waals surface area (Å²) < 4.78 is 126. The van der Waals surface area contributed by atoms with Gasteiger partial charge in [-0.25, -0.2) is 13.2 Å². The largest absolute Gasteiger partial charge is 0.461 e. The molecule has 28 nitrogen and oxygen atoms in total. The maximum absolute atomic E-state index is 13.3. The van der Waals surface area contributed by atoms with Crippen LogP contribution in [0.25, 0.3) is 0 Å². The number of hydrogen-bond acceptors (Lipinski definition) is 25. The van der Waals surface area contributed by atoms with E-state index < -0.39 is 154 Å². The standard InChI is InChI=1S/C65H101NO27S2/c1-39(15-11-13-29-83-55(73)17-10-8-9-16-54(72)66-36-45(67)33-49(69)59(93-95(80,81)82)50(70)38-86-94(77,78)79)37-84-61(75)62(7,76)35-47-20-21-53(71)65(89-47)34-40(2)31-52(90-65)41(3)18-19-46-23-27-64(88-46)28-24-51-60(92-64)56(74)44(6)58(87-51)48(68)32-43(5)57-42(4)22-26-63(91-57)25-12-14-30-85-63/h8,10-11,13,15,18-19,34,41-43,45-53,56-60,67-71,74,76H,6,9,12,14,16-17,20-33,35-38H2,1-5,7H3,(H,66,72)(H,77,78,79)(H,80,81,82)/b10-8+,13-11+,19-18+,39-15+/i36+1,66+1. The predicted octanol–water partition coefficient (Wildman–Crippen LogP) is 4.04. The molecule has 0 radical (unpaired) electrons. The Morgan fingerprint density at radius 1 is 0.874 bits per heavy atom. The van der Waals surface area contributed by atoms with Gasteiger partial charge in [0.15, 0.2) is 17.2 Å². The molecule has 10 N–H and O–H groups in total. The van der Waals surface area contributed by atoms with Gasteiger partial charge in [-0.3, -0.25) is 18.7 Å². The van der Waals surface area contributed by atoms with Crippen LogP contribution in [0.15, 0.2) is 71.9 Å². The minimum Gasteiger partial charge on any atom is -0.461 e. The summed E-state index contributed by atoms with van der Waals surface area (Å²) in [5.41, 5.74) is -0.0416. The third-order valence-corrected chi connectivity index (χ3v) is 19.6. The lowest BCUT2D eigenvalue weighted by Crippen LogP contribution is -2.60. The molecule has 0 saturated carbocycles. The summed E-state index contributed by atoms with van der Waals surface area (Å²) in [6.07, 6.45) is 7.02. The van der Waals surface area contributed by atoms with Gasteiger partial charge in [0, 0.05) is 57.4 Å². The summed E-state index contributed by atoms with van der Waals surface area (Å²) in [6.45, 7) is 14.2. The topological polar surface area (TPSA) is 415 Å². The van der Waals surface area contributed by atoms with Crippen LogP contribution >= 0.6 is 0 Å². The number of hydrogen-bond donors (Lipinski definition) is 10. The highest BCUT2D eigenvalue weighted by Crippen LogP contribution is 2.48. The molecule has 0 bridgehead atoms. The van der Waals surface area contributed by atoms with Crippen LogP contribution in [0.1, 0.15) is 157 Å². The van der Waals surface area contributed by atoms with Gasteiger partial charge in [-0.05, 0) is 120 Å². The van der Waals surface area contributed by atoms with Crippen molar-refractivity contribution in [1.29, 1.82) is 0 Å². The smallest absolute Gasteiger partial charge is 0.397 e. The number of aliphatic hydroxyl groups excluding tert-OH is 6. The monoisotopic (exact) mass is 1390 g/mol. The Hall–Kier alpha value is -3.97. The Balaban J connectivity index is 0.779. The van der Waals surface area contributed by atoms with Crippen molar-refractivity contribution in [2.45, 2.75) is 266 Å². The van der Waals surface area contributed by atoms with Crippen LogP contribution in [0.4, 0.5) is 0 Å². The Morgan fingerprint density at radius 2 is 1.61 bits per heavy atom. The Bertz CT molecular complexity index is 2970. The van der Waals surface area contributed by atoms with Gasteiger partial charge in [0.05, 0.1) is 68.5 Å². The third-order valence-electron chi connectivity index (χ3n) is 18.7. The lowest BCUT2D eigenvalue weighted by Gasteiger charge is -2.50. The molecule has 21 atom stereocenters. The van der Waals surface area contributed by atoms with Crippen molar-refractivity contribution in [3.63, 3.8) is 0 Å². The van der Waals surface area contributed by atoms with E-state index in [0.717, 1.165) is 37.7 Å². The molecule has 1 amide bonds. The quantitative estimate of drug-likeness (QED) is 0.0117. The maximum Gasteiger partial charge on any atom is 0.397 e.